The number of hydrogen-bond acceptors (Lipinski definition) is 1. The highest BCUT2D eigenvalue weighted by Gasteiger charge is 2.54. The van der Waals surface area contributed by atoms with E-state index in [-0.39, 0.29) is 16.6 Å². The first kappa shape index (κ1) is 15.3. The standard InChI is InChI=1S/C21H27N/c1-19(2,16-12-8-7-9-13-16)22-20(3,4)17-14-10-11-15-18(17)21(22,5)6/h7-15H,1-6H3. The molecule has 0 bridgehead atoms. The molecule has 1 heterocycles. The van der Waals surface area contributed by atoms with E-state index in [9.17, 15) is 0 Å². The Labute approximate surface area is 135 Å². The zero-order valence-electron chi connectivity index (χ0n) is 14.6. The van der Waals surface area contributed by atoms with Gasteiger partial charge in [-0.25, -0.2) is 0 Å². The largest absolute Gasteiger partial charge is 0.276 e. The van der Waals surface area contributed by atoms with Crippen LogP contribution >= 0.6 is 0 Å². The zero-order chi connectivity index (χ0) is 16.2. The van der Waals surface area contributed by atoms with Crippen LogP contribution in [0.3, 0.4) is 0 Å². The van der Waals surface area contributed by atoms with E-state index in [0.29, 0.717) is 0 Å². The lowest BCUT2D eigenvalue weighted by atomic mass is 9.84. The lowest BCUT2D eigenvalue weighted by Gasteiger charge is -2.51. The third-order valence-electron chi connectivity index (χ3n) is 5.40. The van der Waals surface area contributed by atoms with Gasteiger partial charge in [0.1, 0.15) is 0 Å². The summed E-state index contributed by atoms with van der Waals surface area (Å²) in [5.41, 5.74) is 4.21. The van der Waals surface area contributed by atoms with Crippen LogP contribution in [0.4, 0.5) is 0 Å². The molecule has 1 aliphatic rings. The van der Waals surface area contributed by atoms with E-state index in [4.69, 9.17) is 0 Å². The summed E-state index contributed by atoms with van der Waals surface area (Å²) < 4.78 is 0. The zero-order valence-corrected chi connectivity index (χ0v) is 14.6. The van der Waals surface area contributed by atoms with Gasteiger partial charge in [-0.2, -0.15) is 0 Å². The van der Waals surface area contributed by atoms with E-state index in [1.54, 1.807) is 0 Å². The molecule has 0 aliphatic carbocycles. The van der Waals surface area contributed by atoms with E-state index >= 15 is 0 Å². The summed E-state index contributed by atoms with van der Waals surface area (Å²) in [6.45, 7) is 14.1. The van der Waals surface area contributed by atoms with Gasteiger partial charge in [-0.15, -0.1) is 0 Å². The molecule has 0 radical (unpaired) electrons. The molecule has 3 rings (SSSR count). The minimum absolute atomic E-state index is 0.000561. The Morgan fingerprint density at radius 2 is 1.09 bits per heavy atom. The highest BCUT2D eigenvalue weighted by Crippen LogP contribution is 2.54. The lowest BCUT2D eigenvalue weighted by molar-refractivity contribution is -0.0539. The summed E-state index contributed by atoms with van der Waals surface area (Å²) in [7, 11) is 0. The van der Waals surface area contributed by atoms with Crippen LogP contribution in [0.15, 0.2) is 54.6 Å². The third kappa shape index (κ3) is 1.95. The van der Waals surface area contributed by atoms with E-state index in [2.05, 4.69) is 101 Å². The Kier molecular flexibility index (Phi) is 3.27. The summed E-state index contributed by atoms with van der Waals surface area (Å²) >= 11 is 0. The van der Waals surface area contributed by atoms with Gasteiger partial charge < -0.3 is 0 Å². The van der Waals surface area contributed by atoms with Crippen LogP contribution in [0.5, 0.6) is 0 Å². The van der Waals surface area contributed by atoms with E-state index in [1.165, 1.54) is 16.7 Å². The second kappa shape index (κ2) is 4.70. The molecule has 22 heavy (non-hydrogen) atoms. The van der Waals surface area contributed by atoms with E-state index in [1.807, 2.05) is 0 Å². The predicted octanol–water partition coefficient (Wildman–Crippen LogP) is 5.41. The fourth-order valence-electron chi connectivity index (χ4n) is 4.86. The van der Waals surface area contributed by atoms with Crippen LogP contribution in [0.1, 0.15) is 58.2 Å². The Balaban J connectivity index is 2.20. The van der Waals surface area contributed by atoms with Crippen molar-refractivity contribution in [2.24, 2.45) is 0 Å². The van der Waals surface area contributed by atoms with Crippen molar-refractivity contribution in [3.63, 3.8) is 0 Å². The molecule has 116 valence electrons. The fraction of sp³-hybridized carbons (Fsp3) is 0.429. The minimum Gasteiger partial charge on any atom is -0.276 e. The topological polar surface area (TPSA) is 3.24 Å². The summed E-state index contributed by atoms with van der Waals surface area (Å²) in [4.78, 5) is 2.67. The number of fused-ring (bicyclic) bond motifs is 1. The molecule has 0 unspecified atom stereocenters. The van der Waals surface area contributed by atoms with Crippen molar-refractivity contribution in [2.45, 2.75) is 58.2 Å². The van der Waals surface area contributed by atoms with Crippen LogP contribution in [-0.4, -0.2) is 4.90 Å². The van der Waals surface area contributed by atoms with Crippen LogP contribution in [0.25, 0.3) is 0 Å². The first-order chi connectivity index (χ1) is 10.2. The quantitative estimate of drug-likeness (QED) is 0.716. The molecule has 0 atom stereocenters. The normalized spacial score (nSPS) is 19.9. The summed E-state index contributed by atoms with van der Waals surface area (Å²) in [6.07, 6.45) is 0. The average Bonchev–Trinajstić information content (AvgIpc) is 2.63. The Bertz CT molecular complexity index is 645. The van der Waals surface area contributed by atoms with Crippen molar-refractivity contribution in [3.8, 4) is 0 Å². The Hall–Kier alpha value is -1.60. The first-order valence-electron chi connectivity index (χ1n) is 8.16. The number of benzene rings is 2. The van der Waals surface area contributed by atoms with Crippen molar-refractivity contribution >= 4 is 0 Å². The molecule has 0 saturated heterocycles. The van der Waals surface area contributed by atoms with Gasteiger partial charge in [-0.1, -0.05) is 54.6 Å². The van der Waals surface area contributed by atoms with Gasteiger partial charge in [-0.3, -0.25) is 4.90 Å². The molecule has 1 aliphatic heterocycles. The van der Waals surface area contributed by atoms with Gasteiger partial charge in [0.25, 0.3) is 0 Å². The smallest absolute Gasteiger partial charge is 0.0424 e. The predicted molar refractivity (Wildman–Crippen MR) is 93.8 cm³/mol. The average molecular weight is 293 g/mol. The van der Waals surface area contributed by atoms with Crippen molar-refractivity contribution in [2.75, 3.05) is 0 Å². The molecular weight excluding hydrogens is 266 g/mol. The summed E-state index contributed by atoms with van der Waals surface area (Å²) in [5.74, 6) is 0. The number of nitrogens with zero attached hydrogens (tertiary/aromatic N) is 1. The van der Waals surface area contributed by atoms with Crippen LogP contribution in [0, 0.1) is 0 Å². The van der Waals surface area contributed by atoms with Crippen molar-refractivity contribution in [1.29, 1.82) is 0 Å². The molecule has 0 amide bonds. The maximum atomic E-state index is 2.67. The molecule has 0 N–H and O–H groups in total. The summed E-state index contributed by atoms with van der Waals surface area (Å²) in [6, 6.07) is 19.8. The third-order valence-corrected chi connectivity index (χ3v) is 5.40. The van der Waals surface area contributed by atoms with Gasteiger partial charge in [0.15, 0.2) is 0 Å². The second-order valence-electron chi connectivity index (χ2n) is 7.92. The maximum Gasteiger partial charge on any atom is 0.0424 e. The van der Waals surface area contributed by atoms with Gasteiger partial charge >= 0.3 is 0 Å². The van der Waals surface area contributed by atoms with Gasteiger partial charge in [0, 0.05) is 16.6 Å². The van der Waals surface area contributed by atoms with Gasteiger partial charge in [-0.05, 0) is 58.2 Å². The second-order valence-corrected chi connectivity index (χ2v) is 7.92. The maximum absolute atomic E-state index is 2.67. The van der Waals surface area contributed by atoms with Crippen molar-refractivity contribution in [3.05, 3.63) is 71.3 Å². The molecule has 1 heteroatoms. The Morgan fingerprint density at radius 1 is 0.682 bits per heavy atom. The summed E-state index contributed by atoms with van der Waals surface area (Å²) in [5, 5.41) is 0. The minimum atomic E-state index is -0.0483. The van der Waals surface area contributed by atoms with Gasteiger partial charge in [0.05, 0.1) is 0 Å². The van der Waals surface area contributed by atoms with Crippen LogP contribution in [0.2, 0.25) is 0 Å². The first-order valence-corrected chi connectivity index (χ1v) is 8.16. The lowest BCUT2D eigenvalue weighted by Crippen LogP contribution is -2.55. The molecule has 0 aromatic heterocycles. The van der Waals surface area contributed by atoms with E-state index < -0.39 is 0 Å². The molecule has 2 aromatic rings. The van der Waals surface area contributed by atoms with Crippen molar-refractivity contribution in [1.82, 2.24) is 4.90 Å². The molecular formula is C21H27N. The molecule has 1 nitrogen and oxygen atoms in total. The highest BCUT2D eigenvalue weighted by molar-refractivity contribution is 5.45. The van der Waals surface area contributed by atoms with Gasteiger partial charge in [0.2, 0.25) is 0 Å². The monoisotopic (exact) mass is 293 g/mol. The highest BCUT2D eigenvalue weighted by atomic mass is 15.3. The van der Waals surface area contributed by atoms with E-state index in [0.717, 1.165) is 0 Å². The van der Waals surface area contributed by atoms with Crippen LogP contribution in [-0.2, 0) is 16.6 Å². The molecule has 0 spiro atoms. The number of hydrogen-bond donors (Lipinski definition) is 0. The Morgan fingerprint density at radius 3 is 1.55 bits per heavy atom. The van der Waals surface area contributed by atoms with Crippen molar-refractivity contribution < 1.29 is 0 Å². The fourth-order valence-corrected chi connectivity index (χ4v) is 4.86. The van der Waals surface area contributed by atoms with Crippen LogP contribution < -0.4 is 0 Å². The molecule has 0 fully saturated rings. The SMILES string of the molecule is CC(C)(c1ccccc1)N1C(C)(C)c2ccccc2C1(C)C. The number of rotatable bonds is 2. The molecule has 0 saturated carbocycles. The molecule has 2 aromatic carbocycles.